The van der Waals surface area contributed by atoms with Crippen LogP contribution in [-0.2, 0) is 28.8 Å². The van der Waals surface area contributed by atoms with Gasteiger partial charge in [0.15, 0.2) is 0 Å². The monoisotopic (exact) mass is 485 g/mol. The third-order valence-electron chi connectivity index (χ3n) is 5.46. The molecule has 13 heteroatoms. The van der Waals surface area contributed by atoms with E-state index in [0.717, 1.165) is 0 Å². The maximum absolute atomic E-state index is 13.0. The van der Waals surface area contributed by atoms with Crippen LogP contribution in [0.2, 0.25) is 0 Å². The number of amides is 4. The summed E-state index contributed by atoms with van der Waals surface area (Å²) < 4.78 is 0. The molecule has 4 atom stereocenters. The van der Waals surface area contributed by atoms with E-state index in [1.165, 1.54) is 4.90 Å². The molecule has 1 fully saturated rings. The molecule has 192 valence electrons. The maximum atomic E-state index is 13.0. The molecule has 4 amide bonds. The molecule has 1 saturated heterocycles. The van der Waals surface area contributed by atoms with Crippen molar-refractivity contribution in [2.75, 3.05) is 6.54 Å². The normalized spacial score (nSPS) is 18.1. The zero-order valence-corrected chi connectivity index (χ0v) is 19.5. The van der Waals surface area contributed by atoms with E-state index in [0.29, 0.717) is 12.8 Å². The molecule has 34 heavy (non-hydrogen) atoms. The van der Waals surface area contributed by atoms with Gasteiger partial charge >= 0.3 is 11.9 Å². The Balaban J connectivity index is 2.93. The second-order valence-corrected chi connectivity index (χ2v) is 8.82. The van der Waals surface area contributed by atoms with Crippen LogP contribution >= 0.6 is 0 Å². The van der Waals surface area contributed by atoms with Crippen molar-refractivity contribution in [3.8, 4) is 0 Å². The third-order valence-corrected chi connectivity index (χ3v) is 5.46. The Bertz CT molecular complexity index is 787. The molecular formula is C21H35N5O8. The van der Waals surface area contributed by atoms with Crippen LogP contribution in [0, 0.1) is 5.92 Å². The van der Waals surface area contributed by atoms with E-state index >= 15 is 0 Å². The molecule has 0 aliphatic carbocycles. The molecule has 0 radical (unpaired) electrons. The molecule has 0 aromatic rings. The summed E-state index contributed by atoms with van der Waals surface area (Å²) in [4.78, 5) is 73.1. The summed E-state index contributed by atoms with van der Waals surface area (Å²) in [6.07, 6.45) is 0.203. The Kier molecular flexibility index (Phi) is 11.4. The fraction of sp³-hybridized carbons (Fsp3) is 0.714. The van der Waals surface area contributed by atoms with Crippen molar-refractivity contribution in [1.82, 2.24) is 15.5 Å². The number of carboxylic acids is 2. The van der Waals surface area contributed by atoms with Crippen LogP contribution < -0.4 is 22.1 Å². The van der Waals surface area contributed by atoms with E-state index in [4.69, 9.17) is 16.6 Å². The number of primary amides is 1. The first-order valence-electron chi connectivity index (χ1n) is 11.2. The Morgan fingerprint density at radius 2 is 1.65 bits per heavy atom. The summed E-state index contributed by atoms with van der Waals surface area (Å²) in [5.41, 5.74) is 11.0. The fourth-order valence-electron chi connectivity index (χ4n) is 3.71. The first-order valence-corrected chi connectivity index (χ1v) is 11.2. The second kappa shape index (κ2) is 13.5. The third kappa shape index (κ3) is 9.33. The average Bonchev–Trinajstić information content (AvgIpc) is 3.23. The predicted molar refractivity (Wildman–Crippen MR) is 119 cm³/mol. The van der Waals surface area contributed by atoms with Crippen LogP contribution in [-0.4, -0.2) is 81.4 Å². The van der Waals surface area contributed by atoms with Crippen molar-refractivity contribution >= 4 is 35.6 Å². The molecule has 1 rings (SSSR count). The SMILES string of the molecule is CC(C)CC(NC(=O)C(CCC(N)=O)NC(=O)C1CCCN1C(=O)C(N)CCC(=O)O)C(=O)O. The summed E-state index contributed by atoms with van der Waals surface area (Å²) in [7, 11) is 0. The maximum Gasteiger partial charge on any atom is 0.326 e. The van der Waals surface area contributed by atoms with Gasteiger partial charge in [-0.15, -0.1) is 0 Å². The summed E-state index contributed by atoms with van der Waals surface area (Å²) in [6, 6.07) is -4.45. The van der Waals surface area contributed by atoms with Crippen LogP contribution in [0.4, 0.5) is 0 Å². The summed E-state index contributed by atoms with van der Waals surface area (Å²) >= 11 is 0. The molecule has 1 aliphatic heterocycles. The number of hydrogen-bond donors (Lipinski definition) is 6. The predicted octanol–water partition coefficient (Wildman–Crippen LogP) is -1.46. The van der Waals surface area contributed by atoms with E-state index in [2.05, 4.69) is 10.6 Å². The second-order valence-electron chi connectivity index (χ2n) is 8.82. The van der Waals surface area contributed by atoms with Gasteiger partial charge in [-0.3, -0.25) is 24.0 Å². The molecule has 0 saturated carbocycles. The number of nitrogens with one attached hydrogen (secondary N) is 2. The molecule has 8 N–H and O–H groups in total. The van der Waals surface area contributed by atoms with Crippen molar-refractivity contribution in [1.29, 1.82) is 0 Å². The minimum Gasteiger partial charge on any atom is -0.481 e. The van der Waals surface area contributed by atoms with Crippen LogP contribution in [0.15, 0.2) is 0 Å². The van der Waals surface area contributed by atoms with Crippen LogP contribution in [0.1, 0.15) is 58.8 Å². The van der Waals surface area contributed by atoms with Gasteiger partial charge in [-0.2, -0.15) is 0 Å². The minimum absolute atomic E-state index is 0.0246. The van der Waals surface area contributed by atoms with Gasteiger partial charge in [0.25, 0.3) is 0 Å². The molecular weight excluding hydrogens is 450 g/mol. The molecule has 0 aromatic heterocycles. The van der Waals surface area contributed by atoms with Gasteiger partial charge in [-0.05, 0) is 38.0 Å². The number of hydrogen-bond acceptors (Lipinski definition) is 7. The van der Waals surface area contributed by atoms with Gasteiger partial charge in [0, 0.05) is 19.4 Å². The van der Waals surface area contributed by atoms with E-state index in [9.17, 15) is 33.9 Å². The molecule has 1 aliphatic rings. The molecule has 0 bridgehead atoms. The van der Waals surface area contributed by atoms with Crippen molar-refractivity contribution in [2.45, 2.75) is 83.0 Å². The molecule has 1 heterocycles. The van der Waals surface area contributed by atoms with Crippen LogP contribution in [0.3, 0.4) is 0 Å². The first kappa shape index (κ1) is 28.8. The highest BCUT2D eigenvalue weighted by Crippen LogP contribution is 2.20. The highest BCUT2D eigenvalue weighted by atomic mass is 16.4. The lowest BCUT2D eigenvalue weighted by Gasteiger charge is -2.28. The highest BCUT2D eigenvalue weighted by molar-refractivity contribution is 5.94. The van der Waals surface area contributed by atoms with Crippen molar-refractivity contribution < 1.29 is 39.0 Å². The molecule has 4 unspecified atom stereocenters. The Morgan fingerprint density at radius 1 is 1.00 bits per heavy atom. The number of nitrogens with zero attached hydrogens (tertiary/aromatic N) is 1. The number of aliphatic carboxylic acids is 2. The van der Waals surface area contributed by atoms with Crippen LogP contribution in [0.25, 0.3) is 0 Å². The summed E-state index contributed by atoms with van der Waals surface area (Å²) in [5, 5.41) is 23.1. The zero-order chi connectivity index (χ0) is 26.0. The van der Waals surface area contributed by atoms with Gasteiger partial charge in [0.2, 0.25) is 23.6 Å². The first-order chi connectivity index (χ1) is 15.8. The number of carboxylic acid groups (broad SMARTS) is 2. The van der Waals surface area contributed by atoms with Gasteiger partial charge in [-0.25, -0.2) is 4.79 Å². The number of nitrogens with two attached hydrogens (primary N) is 2. The lowest BCUT2D eigenvalue weighted by atomic mass is 10.0. The topological polar surface area (TPSA) is 222 Å². The van der Waals surface area contributed by atoms with Gasteiger partial charge < -0.3 is 37.2 Å². The lowest BCUT2D eigenvalue weighted by molar-refractivity contribution is -0.144. The molecule has 0 aromatic carbocycles. The number of rotatable bonds is 14. The van der Waals surface area contributed by atoms with Gasteiger partial charge in [0.05, 0.1) is 6.04 Å². The standard InChI is InChI=1S/C21H35N5O8/c1-11(2)10-14(21(33)34)25-18(30)13(6-7-16(23)27)24-19(31)15-4-3-9-26(15)20(32)12(22)5-8-17(28)29/h11-15H,3-10,22H2,1-2H3,(H2,23,27)(H,24,31)(H,25,30)(H,28,29)(H,33,34). The highest BCUT2D eigenvalue weighted by Gasteiger charge is 2.38. The molecule has 13 nitrogen and oxygen atoms in total. The van der Waals surface area contributed by atoms with E-state index < -0.39 is 59.7 Å². The van der Waals surface area contributed by atoms with E-state index in [-0.39, 0.29) is 44.6 Å². The molecule has 0 spiro atoms. The van der Waals surface area contributed by atoms with Crippen molar-refractivity contribution in [3.05, 3.63) is 0 Å². The number of carbonyl (C=O) groups is 6. The quantitative estimate of drug-likeness (QED) is 0.169. The Morgan fingerprint density at radius 3 is 2.18 bits per heavy atom. The lowest BCUT2D eigenvalue weighted by Crippen LogP contribution is -2.56. The largest absolute Gasteiger partial charge is 0.481 e. The number of likely N-dealkylation sites (tertiary alicyclic amines) is 1. The van der Waals surface area contributed by atoms with E-state index in [1.807, 2.05) is 0 Å². The summed E-state index contributed by atoms with van der Waals surface area (Å²) in [5.74, 6) is -5.06. The van der Waals surface area contributed by atoms with Crippen LogP contribution in [0.5, 0.6) is 0 Å². The van der Waals surface area contributed by atoms with Crippen molar-refractivity contribution in [3.63, 3.8) is 0 Å². The Hall–Kier alpha value is -3.22. The summed E-state index contributed by atoms with van der Waals surface area (Å²) in [6.45, 7) is 3.83. The average molecular weight is 486 g/mol. The Labute approximate surface area is 197 Å². The van der Waals surface area contributed by atoms with Gasteiger partial charge in [-0.1, -0.05) is 13.8 Å². The van der Waals surface area contributed by atoms with E-state index in [1.54, 1.807) is 13.8 Å². The van der Waals surface area contributed by atoms with Crippen molar-refractivity contribution in [2.24, 2.45) is 17.4 Å². The van der Waals surface area contributed by atoms with Gasteiger partial charge in [0.1, 0.15) is 18.1 Å². The fourth-order valence-corrected chi connectivity index (χ4v) is 3.71. The number of carbonyl (C=O) groups excluding carboxylic acids is 4. The minimum atomic E-state index is -1.24. The smallest absolute Gasteiger partial charge is 0.326 e. The zero-order valence-electron chi connectivity index (χ0n) is 19.5.